The minimum absolute atomic E-state index is 0.258. The molecule has 2 aromatic heterocycles. The van der Waals surface area contributed by atoms with Crippen LogP contribution in [0.3, 0.4) is 0 Å². The Balaban J connectivity index is 2.16. The molecule has 0 amide bonds. The summed E-state index contributed by atoms with van der Waals surface area (Å²) in [6.07, 6.45) is 0. The average Bonchev–Trinajstić information content (AvgIpc) is 2.60. The quantitative estimate of drug-likeness (QED) is 0.563. The van der Waals surface area contributed by atoms with Gasteiger partial charge in [-0.2, -0.15) is 4.98 Å². The van der Waals surface area contributed by atoms with E-state index in [9.17, 15) is 4.79 Å². The fourth-order valence-corrected chi connectivity index (χ4v) is 3.16. The van der Waals surface area contributed by atoms with Gasteiger partial charge in [0.15, 0.2) is 0 Å². The molecule has 4 nitrogen and oxygen atoms in total. The number of pyridine rings is 1. The van der Waals surface area contributed by atoms with E-state index in [0.29, 0.717) is 17.9 Å². The van der Waals surface area contributed by atoms with Gasteiger partial charge in [0.2, 0.25) is 0 Å². The summed E-state index contributed by atoms with van der Waals surface area (Å²) in [6.45, 7) is 4.42. The number of aromatic nitrogens is 3. The predicted octanol–water partition coefficient (Wildman–Crippen LogP) is 3.94. The molecule has 0 aliphatic carbocycles. The molecule has 0 N–H and O–H groups in total. The van der Waals surface area contributed by atoms with Gasteiger partial charge in [-0.3, -0.25) is 4.57 Å². The number of nitrogens with zero attached hydrogens (tertiary/aromatic N) is 3. The zero-order chi connectivity index (χ0) is 16.7. The van der Waals surface area contributed by atoms with Gasteiger partial charge in [-0.25, -0.2) is 9.78 Å². The number of hydrogen-bond acceptors (Lipinski definition) is 3. The van der Waals surface area contributed by atoms with Crippen LogP contribution in [0.15, 0.2) is 59.4 Å². The first-order chi connectivity index (χ1) is 11.7. The second kappa shape index (κ2) is 5.57. The van der Waals surface area contributed by atoms with Crippen LogP contribution in [-0.4, -0.2) is 14.5 Å². The third-order valence-electron chi connectivity index (χ3n) is 4.32. The van der Waals surface area contributed by atoms with Gasteiger partial charge in [0.05, 0.1) is 5.69 Å². The topological polar surface area (TPSA) is 47.8 Å². The van der Waals surface area contributed by atoms with Gasteiger partial charge in [0.25, 0.3) is 0 Å². The second-order valence-electron chi connectivity index (χ2n) is 5.84. The Morgan fingerprint density at radius 1 is 0.917 bits per heavy atom. The van der Waals surface area contributed by atoms with Gasteiger partial charge in [-0.15, -0.1) is 0 Å². The molecule has 0 saturated carbocycles. The highest BCUT2D eigenvalue weighted by Crippen LogP contribution is 2.31. The number of hydrogen-bond donors (Lipinski definition) is 0. The molecule has 118 valence electrons. The fourth-order valence-electron chi connectivity index (χ4n) is 3.16. The van der Waals surface area contributed by atoms with Crippen molar-refractivity contribution in [3.8, 4) is 11.3 Å². The SMILES string of the molecule is CCn1c(=O)nc(-c2cccc3ccccc23)c2ccc(C)nc21. The van der Waals surface area contributed by atoms with E-state index >= 15 is 0 Å². The minimum atomic E-state index is -0.258. The molecule has 0 bridgehead atoms. The van der Waals surface area contributed by atoms with E-state index in [1.54, 1.807) is 4.57 Å². The molecular weight excluding hydrogens is 298 g/mol. The molecule has 0 unspecified atom stereocenters. The zero-order valence-corrected chi connectivity index (χ0v) is 13.7. The summed E-state index contributed by atoms with van der Waals surface area (Å²) in [5, 5.41) is 3.12. The van der Waals surface area contributed by atoms with Crippen molar-refractivity contribution in [1.82, 2.24) is 14.5 Å². The van der Waals surface area contributed by atoms with Crippen LogP contribution in [0.2, 0.25) is 0 Å². The van der Waals surface area contributed by atoms with Crippen molar-refractivity contribution in [2.45, 2.75) is 20.4 Å². The maximum atomic E-state index is 12.5. The lowest BCUT2D eigenvalue weighted by atomic mass is 10.00. The van der Waals surface area contributed by atoms with E-state index in [2.05, 4.69) is 28.2 Å². The lowest BCUT2D eigenvalue weighted by Gasteiger charge is -2.12. The highest BCUT2D eigenvalue weighted by molar-refractivity contribution is 6.02. The van der Waals surface area contributed by atoms with Crippen molar-refractivity contribution in [2.24, 2.45) is 0 Å². The largest absolute Gasteiger partial charge is 0.349 e. The van der Waals surface area contributed by atoms with Gasteiger partial charge in [0, 0.05) is 23.2 Å². The van der Waals surface area contributed by atoms with Gasteiger partial charge in [-0.1, -0.05) is 42.5 Å². The molecule has 0 aliphatic heterocycles. The van der Waals surface area contributed by atoms with Gasteiger partial charge in [0.1, 0.15) is 5.65 Å². The first-order valence-corrected chi connectivity index (χ1v) is 8.05. The summed E-state index contributed by atoms with van der Waals surface area (Å²) in [4.78, 5) is 21.5. The van der Waals surface area contributed by atoms with Crippen LogP contribution in [-0.2, 0) is 6.54 Å². The molecule has 4 heteroatoms. The van der Waals surface area contributed by atoms with Crippen LogP contribution in [0, 0.1) is 6.92 Å². The Morgan fingerprint density at radius 2 is 1.71 bits per heavy atom. The summed E-state index contributed by atoms with van der Waals surface area (Å²) in [7, 11) is 0. The number of rotatable bonds is 2. The normalized spacial score (nSPS) is 11.2. The van der Waals surface area contributed by atoms with Crippen LogP contribution in [0.4, 0.5) is 0 Å². The Hall–Kier alpha value is -3.01. The van der Waals surface area contributed by atoms with Crippen molar-refractivity contribution >= 4 is 21.8 Å². The first-order valence-electron chi connectivity index (χ1n) is 8.05. The van der Waals surface area contributed by atoms with E-state index in [4.69, 9.17) is 0 Å². The molecule has 0 aliphatic rings. The Kier molecular flexibility index (Phi) is 3.38. The van der Waals surface area contributed by atoms with Crippen molar-refractivity contribution in [1.29, 1.82) is 0 Å². The van der Waals surface area contributed by atoms with Crippen molar-refractivity contribution < 1.29 is 0 Å². The lowest BCUT2D eigenvalue weighted by molar-refractivity contribution is 0.722. The standard InChI is InChI=1S/C20H17N3O/c1-3-23-19-17(12-11-13(2)21-19)18(22-20(23)24)16-10-6-8-14-7-4-5-9-15(14)16/h4-12H,3H2,1-2H3. The molecule has 0 spiro atoms. The average molecular weight is 315 g/mol. The third-order valence-corrected chi connectivity index (χ3v) is 4.32. The third kappa shape index (κ3) is 2.19. The van der Waals surface area contributed by atoms with E-state index < -0.39 is 0 Å². The molecule has 24 heavy (non-hydrogen) atoms. The minimum Gasteiger partial charge on any atom is -0.276 e. The van der Waals surface area contributed by atoms with E-state index in [1.807, 2.05) is 50.2 Å². The van der Waals surface area contributed by atoms with Crippen molar-refractivity contribution in [2.75, 3.05) is 0 Å². The van der Waals surface area contributed by atoms with Crippen LogP contribution in [0.1, 0.15) is 12.6 Å². The van der Waals surface area contributed by atoms with Crippen LogP contribution in [0.5, 0.6) is 0 Å². The second-order valence-corrected chi connectivity index (χ2v) is 5.84. The van der Waals surface area contributed by atoms with Gasteiger partial charge < -0.3 is 0 Å². The van der Waals surface area contributed by atoms with Crippen molar-refractivity contribution in [3.05, 3.63) is 70.8 Å². The summed E-state index contributed by atoms with van der Waals surface area (Å²) in [5.41, 5.74) is 2.98. The molecular formula is C20H17N3O. The van der Waals surface area contributed by atoms with E-state index in [0.717, 1.165) is 27.4 Å². The van der Waals surface area contributed by atoms with E-state index in [1.165, 1.54) is 0 Å². The molecule has 2 aromatic carbocycles. The zero-order valence-electron chi connectivity index (χ0n) is 13.7. The molecule has 0 saturated heterocycles. The maximum Gasteiger partial charge on any atom is 0.349 e. The molecule has 2 heterocycles. The predicted molar refractivity (Wildman–Crippen MR) is 97.2 cm³/mol. The van der Waals surface area contributed by atoms with Crippen molar-refractivity contribution in [3.63, 3.8) is 0 Å². The molecule has 0 atom stereocenters. The molecule has 4 aromatic rings. The summed E-state index contributed by atoms with van der Waals surface area (Å²) in [6, 6.07) is 18.2. The van der Waals surface area contributed by atoms with Gasteiger partial charge in [-0.05, 0) is 36.8 Å². The fraction of sp³-hybridized carbons (Fsp3) is 0.150. The molecule has 4 rings (SSSR count). The Bertz CT molecular complexity index is 1120. The highest BCUT2D eigenvalue weighted by atomic mass is 16.1. The van der Waals surface area contributed by atoms with Crippen LogP contribution >= 0.6 is 0 Å². The number of aryl methyl sites for hydroxylation is 2. The highest BCUT2D eigenvalue weighted by Gasteiger charge is 2.14. The Labute approximate surface area is 139 Å². The molecule has 0 radical (unpaired) electrons. The van der Waals surface area contributed by atoms with Crippen LogP contribution < -0.4 is 5.69 Å². The van der Waals surface area contributed by atoms with E-state index in [-0.39, 0.29) is 5.69 Å². The number of fused-ring (bicyclic) bond motifs is 2. The summed E-state index contributed by atoms with van der Waals surface area (Å²) >= 11 is 0. The first kappa shape index (κ1) is 14.6. The summed E-state index contributed by atoms with van der Waals surface area (Å²) < 4.78 is 1.62. The molecule has 0 fully saturated rings. The number of benzene rings is 2. The van der Waals surface area contributed by atoms with Gasteiger partial charge >= 0.3 is 5.69 Å². The maximum absolute atomic E-state index is 12.5. The Morgan fingerprint density at radius 3 is 2.54 bits per heavy atom. The monoisotopic (exact) mass is 315 g/mol. The lowest BCUT2D eigenvalue weighted by Crippen LogP contribution is -2.24. The smallest absolute Gasteiger partial charge is 0.276 e. The summed E-state index contributed by atoms with van der Waals surface area (Å²) in [5.74, 6) is 0. The van der Waals surface area contributed by atoms with Crippen LogP contribution in [0.25, 0.3) is 33.1 Å².